The maximum absolute atomic E-state index is 5.77. The zero-order chi connectivity index (χ0) is 14.5. The van der Waals surface area contributed by atoms with E-state index in [1.54, 1.807) is 0 Å². The minimum absolute atomic E-state index is 0.0478. The molecule has 2 aromatic rings. The predicted molar refractivity (Wildman–Crippen MR) is 83.3 cm³/mol. The maximum Gasteiger partial charge on any atom is 0.0675 e. The predicted octanol–water partition coefficient (Wildman–Crippen LogP) is 3.01. The molecular formula is C17H23N3. The number of hydrogen-bond acceptors (Lipinski definition) is 3. The quantitative estimate of drug-likeness (QED) is 0.648. The van der Waals surface area contributed by atoms with Crippen molar-refractivity contribution in [1.29, 1.82) is 0 Å². The van der Waals surface area contributed by atoms with Crippen molar-refractivity contribution in [1.82, 2.24) is 10.4 Å². The third-order valence-corrected chi connectivity index (χ3v) is 3.77. The highest BCUT2D eigenvalue weighted by atomic mass is 15.2. The van der Waals surface area contributed by atoms with Crippen LogP contribution >= 0.6 is 0 Å². The fraction of sp³-hybridized carbons (Fsp3) is 0.353. The molecule has 0 amide bonds. The van der Waals surface area contributed by atoms with E-state index < -0.39 is 0 Å². The molecule has 0 spiro atoms. The number of hydrogen-bond donors (Lipinski definition) is 2. The second-order valence-corrected chi connectivity index (χ2v) is 5.25. The number of benzene rings is 1. The van der Waals surface area contributed by atoms with Crippen LogP contribution in [0, 0.1) is 13.8 Å². The molecule has 2 rings (SSSR count). The molecule has 1 heterocycles. The fourth-order valence-electron chi connectivity index (χ4n) is 2.54. The van der Waals surface area contributed by atoms with Crippen molar-refractivity contribution < 1.29 is 0 Å². The van der Waals surface area contributed by atoms with Crippen LogP contribution in [0.1, 0.15) is 40.9 Å². The summed E-state index contributed by atoms with van der Waals surface area (Å²) in [6, 6.07) is 10.7. The maximum atomic E-state index is 5.77. The highest BCUT2D eigenvalue weighted by molar-refractivity contribution is 5.33. The Morgan fingerprint density at radius 3 is 2.70 bits per heavy atom. The van der Waals surface area contributed by atoms with Gasteiger partial charge in [0.25, 0.3) is 0 Å². The van der Waals surface area contributed by atoms with E-state index in [0.717, 1.165) is 18.5 Å². The molecule has 1 unspecified atom stereocenters. The number of nitrogens with one attached hydrogen (secondary N) is 1. The zero-order valence-electron chi connectivity index (χ0n) is 12.5. The highest BCUT2D eigenvalue weighted by Gasteiger charge is 2.16. The van der Waals surface area contributed by atoms with Gasteiger partial charge < -0.3 is 0 Å². The average molecular weight is 269 g/mol. The van der Waals surface area contributed by atoms with Crippen LogP contribution in [0.25, 0.3) is 0 Å². The van der Waals surface area contributed by atoms with E-state index in [0.29, 0.717) is 0 Å². The largest absolute Gasteiger partial charge is 0.271 e. The molecule has 0 radical (unpaired) electrons. The average Bonchev–Trinajstić information content (AvgIpc) is 2.48. The van der Waals surface area contributed by atoms with Crippen molar-refractivity contribution in [3.05, 3.63) is 64.5 Å². The second kappa shape index (κ2) is 6.64. The van der Waals surface area contributed by atoms with E-state index in [1.165, 1.54) is 22.3 Å². The molecular weight excluding hydrogens is 246 g/mol. The molecule has 0 aliphatic carbocycles. The Balaban J connectivity index is 2.31. The Morgan fingerprint density at radius 2 is 2.00 bits per heavy atom. The molecule has 106 valence electrons. The normalized spacial score (nSPS) is 12.4. The van der Waals surface area contributed by atoms with Crippen molar-refractivity contribution in [2.24, 2.45) is 5.84 Å². The van der Waals surface area contributed by atoms with Gasteiger partial charge in [0.05, 0.1) is 11.7 Å². The molecule has 1 atom stereocenters. The van der Waals surface area contributed by atoms with Crippen molar-refractivity contribution in [2.75, 3.05) is 0 Å². The molecule has 0 fully saturated rings. The van der Waals surface area contributed by atoms with E-state index in [4.69, 9.17) is 5.84 Å². The zero-order valence-corrected chi connectivity index (χ0v) is 12.5. The Kier molecular flexibility index (Phi) is 4.88. The third-order valence-electron chi connectivity index (χ3n) is 3.77. The summed E-state index contributed by atoms with van der Waals surface area (Å²) in [4.78, 5) is 4.53. The third kappa shape index (κ3) is 3.24. The van der Waals surface area contributed by atoms with E-state index in [1.807, 2.05) is 12.3 Å². The summed E-state index contributed by atoms with van der Waals surface area (Å²) in [6.45, 7) is 6.40. The summed E-state index contributed by atoms with van der Waals surface area (Å²) < 4.78 is 0. The first kappa shape index (κ1) is 14.7. The fourth-order valence-corrected chi connectivity index (χ4v) is 2.54. The molecule has 3 nitrogen and oxygen atoms in total. The highest BCUT2D eigenvalue weighted by Crippen LogP contribution is 2.22. The smallest absolute Gasteiger partial charge is 0.0675 e. The van der Waals surface area contributed by atoms with E-state index in [2.05, 4.69) is 55.4 Å². The van der Waals surface area contributed by atoms with Crippen LogP contribution in [0.5, 0.6) is 0 Å². The molecule has 1 aromatic carbocycles. The van der Waals surface area contributed by atoms with Crippen LogP contribution in [0.3, 0.4) is 0 Å². The van der Waals surface area contributed by atoms with Gasteiger partial charge in [-0.05, 0) is 49.4 Å². The number of aryl methyl sites for hydroxylation is 3. The Morgan fingerprint density at radius 1 is 1.20 bits per heavy atom. The van der Waals surface area contributed by atoms with Gasteiger partial charge in [0, 0.05) is 6.20 Å². The van der Waals surface area contributed by atoms with Crippen molar-refractivity contribution >= 4 is 0 Å². The van der Waals surface area contributed by atoms with Crippen molar-refractivity contribution in [3.8, 4) is 0 Å². The SMILES string of the molecule is CCc1cccnc1C(Cc1cc(C)ccc1C)NN. The van der Waals surface area contributed by atoms with Gasteiger partial charge in [0.1, 0.15) is 0 Å². The van der Waals surface area contributed by atoms with Gasteiger partial charge in [-0.25, -0.2) is 0 Å². The van der Waals surface area contributed by atoms with Crippen LogP contribution < -0.4 is 11.3 Å². The number of aromatic nitrogens is 1. The van der Waals surface area contributed by atoms with Crippen LogP contribution in [0.4, 0.5) is 0 Å². The first-order chi connectivity index (χ1) is 9.65. The number of pyridine rings is 1. The molecule has 0 aliphatic heterocycles. The van der Waals surface area contributed by atoms with E-state index in [-0.39, 0.29) is 6.04 Å². The van der Waals surface area contributed by atoms with Gasteiger partial charge in [0.2, 0.25) is 0 Å². The van der Waals surface area contributed by atoms with Crippen molar-refractivity contribution in [3.63, 3.8) is 0 Å². The summed E-state index contributed by atoms with van der Waals surface area (Å²) in [5.74, 6) is 5.77. The topological polar surface area (TPSA) is 50.9 Å². The van der Waals surface area contributed by atoms with Crippen LogP contribution in [0.15, 0.2) is 36.5 Å². The lowest BCUT2D eigenvalue weighted by Gasteiger charge is -2.19. The van der Waals surface area contributed by atoms with E-state index in [9.17, 15) is 0 Å². The van der Waals surface area contributed by atoms with Gasteiger partial charge >= 0.3 is 0 Å². The molecule has 0 saturated carbocycles. The lowest BCUT2D eigenvalue weighted by atomic mass is 9.95. The number of nitrogens with two attached hydrogens (primary N) is 1. The molecule has 3 N–H and O–H groups in total. The Labute approximate surface area is 121 Å². The van der Waals surface area contributed by atoms with Crippen LogP contribution in [-0.2, 0) is 12.8 Å². The molecule has 0 aliphatic rings. The molecule has 1 aromatic heterocycles. The number of hydrazine groups is 1. The lowest BCUT2D eigenvalue weighted by Crippen LogP contribution is -2.31. The van der Waals surface area contributed by atoms with Gasteiger partial charge in [-0.15, -0.1) is 0 Å². The monoisotopic (exact) mass is 269 g/mol. The Bertz CT molecular complexity index is 578. The van der Waals surface area contributed by atoms with Crippen LogP contribution in [-0.4, -0.2) is 4.98 Å². The first-order valence-electron chi connectivity index (χ1n) is 7.11. The van der Waals surface area contributed by atoms with E-state index >= 15 is 0 Å². The minimum atomic E-state index is 0.0478. The lowest BCUT2D eigenvalue weighted by molar-refractivity contribution is 0.532. The second-order valence-electron chi connectivity index (χ2n) is 5.25. The number of rotatable bonds is 5. The molecule has 0 saturated heterocycles. The minimum Gasteiger partial charge on any atom is -0.271 e. The standard InChI is InChI=1S/C17H23N3/c1-4-14-6-5-9-19-17(14)16(20-18)11-15-10-12(2)7-8-13(15)3/h5-10,16,20H,4,11,18H2,1-3H3. The Hall–Kier alpha value is -1.71. The van der Waals surface area contributed by atoms with Gasteiger partial charge in [-0.3, -0.25) is 16.3 Å². The first-order valence-corrected chi connectivity index (χ1v) is 7.11. The summed E-state index contributed by atoms with van der Waals surface area (Å²) in [5, 5.41) is 0. The van der Waals surface area contributed by atoms with Gasteiger partial charge in [-0.1, -0.05) is 36.8 Å². The summed E-state index contributed by atoms with van der Waals surface area (Å²) >= 11 is 0. The van der Waals surface area contributed by atoms with Gasteiger partial charge in [0.15, 0.2) is 0 Å². The van der Waals surface area contributed by atoms with Crippen molar-refractivity contribution in [2.45, 2.75) is 39.7 Å². The molecule has 20 heavy (non-hydrogen) atoms. The van der Waals surface area contributed by atoms with Gasteiger partial charge in [-0.2, -0.15) is 0 Å². The summed E-state index contributed by atoms with van der Waals surface area (Å²) in [7, 11) is 0. The summed E-state index contributed by atoms with van der Waals surface area (Å²) in [6.07, 6.45) is 3.66. The molecule has 0 bridgehead atoms. The molecule has 3 heteroatoms. The van der Waals surface area contributed by atoms with Crippen LogP contribution in [0.2, 0.25) is 0 Å². The number of nitrogens with zero attached hydrogens (tertiary/aromatic N) is 1. The summed E-state index contributed by atoms with van der Waals surface area (Å²) in [5.41, 5.74) is 9.12.